The summed E-state index contributed by atoms with van der Waals surface area (Å²) in [6.07, 6.45) is 1.58. The van der Waals surface area contributed by atoms with Gasteiger partial charge in [0.1, 0.15) is 5.69 Å². The van der Waals surface area contributed by atoms with E-state index >= 15 is 0 Å². The summed E-state index contributed by atoms with van der Waals surface area (Å²) < 4.78 is 37.4. The van der Waals surface area contributed by atoms with Crippen LogP contribution in [0.3, 0.4) is 0 Å². The van der Waals surface area contributed by atoms with Crippen molar-refractivity contribution in [2.45, 2.75) is 4.90 Å². The normalized spacial score (nSPS) is 18.2. The Morgan fingerprint density at radius 2 is 1.75 bits per heavy atom. The van der Waals surface area contributed by atoms with E-state index in [0.29, 0.717) is 26.4 Å². The van der Waals surface area contributed by atoms with Crippen LogP contribution in [0.5, 0.6) is 0 Å². The lowest BCUT2D eigenvalue weighted by Crippen LogP contribution is -2.40. The van der Waals surface area contributed by atoms with E-state index in [1.165, 1.54) is 16.4 Å². The molecule has 32 heavy (non-hydrogen) atoms. The van der Waals surface area contributed by atoms with Crippen LogP contribution in [0, 0.1) is 10.1 Å². The molecule has 0 radical (unpaired) electrons. The number of anilines is 2. The number of hydrogen-bond acceptors (Lipinski definition) is 10. The molecule has 0 bridgehead atoms. The van der Waals surface area contributed by atoms with Crippen LogP contribution >= 0.6 is 11.3 Å². The average molecular weight is 482 g/mol. The Morgan fingerprint density at radius 1 is 1.06 bits per heavy atom. The van der Waals surface area contributed by atoms with Crippen molar-refractivity contribution in [2.24, 2.45) is 5.10 Å². The number of nitro groups is 1. The first-order valence-corrected chi connectivity index (χ1v) is 12.3. The molecule has 3 heterocycles. The molecule has 172 valence electrons. The first-order chi connectivity index (χ1) is 15.4. The van der Waals surface area contributed by atoms with Crippen LogP contribution in [0.2, 0.25) is 0 Å². The summed E-state index contributed by atoms with van der Waals surface area (Å²) in [6.45, 7) is 4.09. The highest BCUT2D eigenvalue weighted by atomic mass is 32.2. The molecule has 1 N–H and O–H groups in total. The number of nitrogens with one attached hydrogen (secondary N) is 1. The maximum Gasteiger partial charge on any atom is 0.295 e. The molecule has 1 aromatic carbocycles. The van der Waals surface area contributed by atoms with Crippen LogP contribution in [0.1, 0.15) is 4.88 Å². The third-order valence-corrected chi connectivity index (χ3v) is 8.06. The van der Waals surface area contributed by atoms with Gasteiger partial charge in [-0.25, -0.2) is 8.42 Å². The Morgan fingerprint density at radius 3 is 2.44 bits per heavy atom. The summed E-state index contributed by atoms with van der Waals surface area (Å²) in [5, 5.41) is 16.8. The molecular weight excluding hydrogens is 458 g/mol. The van der Waals surface area contributed by atoms with E-state index in [0.717, 1.165) is 29.0 Å². The fourth-order valence-corrected chi connectivity index (χ4v) is 5.74. The number of hydrazone groups is 1. The molecule has 2 fully saturated rings. The van der Waals surface area contributed by atoms with Crippen molar-refractivity contribution in [1.82, 2.24) is 4.31 Å². The van der Waals surface area contributed by atoms with Crippen LogP contribution in [0.15, 0.2) is 40.3 Å². The van der Waals surface area contributed by atoms with Crippen LogP contribution in [-0.2, 0) is 19.5 Å². The number of nitro benzene ring substituents is 1. The number of sulfonamides is 1. The molecule has 0 aliphatic carbocycles. The van der Waals surface area contributed by atoms with Crippen molar-refractivity contribution < 1.29 is 22.8 Å². The molecule has 1 aromatic heterocycles. The van der Waals surface area contributed by atoms with Gasteiger partial charge in [0.05, 0.1) is 47.5 Å². The van der Waals surface area contributed by atoms with Gasteiger partial charge in [-0.05, 0) is 24.3 Å². The highest BCUT2D eigenvalue weighted by Crippen LogP contribution is 2.30. The molecule has 2 aromatic rings. The summed E-state index contributed by atoms with van der Waals surface area (Å²) in [6, 6.07) is 7.69. The van der Waals surface area contributed by atoms with E-state index in [1.54, 1.807) is 17.6 Å². The minimum absolute atomic E-state index is 0.108. The van der Waals surface area contributed by atoms with Crippen molar-refractivity contribution in [3.05, 3.63) is 45.3 Å². The molecule has 2 aliphatic rings. The van der Waals surface area contributed by atoms with E-state index in [9.17, 15) is 18.5 Å². The van der Waals surface area contributed by atoms with Gasteiger partial charge in [-0.15, -0.1) is 11.3 Å². The number of rotatable bonds is 7. The van der Waals surface area contributed by atoms with Crippen molar-refractivity contribution in [3.63, 3.8) is 0 Å². The van der Waals surface area contributed by atoms with Gasteiger partial charge in [0.25, 0.3) is 5.69 Å². The van der Waals surface area contributed by atoms with Crippen molar-refractivity contribution in [3.8, 4) is 0 Å². The van der Waals surface area contributed by atoms with E-state index in [4.69, 9.17) is 9.47 Å². The summed E-state index contributed by atoms with van der Waals surface area (Å²) in [7, 11) is -3.84. The van der Waals surface area contributed by atoms with Crippen LogP contribution < -0.4 is 10.3 Å². The fraction of sp³-hybridized carbons (Fsp3) is 0.421. The maximum atomic E-state index is 12.8. The van der Waals surface area contributed by atoms with Gasteiger partial charge >= 0.3 is 0 Å². The zero-order valence-electron chi connectivity index (χ0n) is 17.2. The molecule has 11 nitrogen and oxygen atoms in total. The first kappa shape index (κ1) is 22.6. The predicted octanol–water partition coefficient (Wildman–Crippen LogP) is 1.96. The van der Waals surface area contributed by atoms with E-state index in [2.05, 4.69) is 15.4 Å². The predicted molar refractivity (Wildman–Crippen MR) is 121 cm³/mol. The molecule has 0 atom stereocenters. The van der Waals surface area contributed by atoms with Gasteiger partial charge in [-0.2, -0.15) is 9.41 Å². The second-order valence-electron chi connectivity index (χ2n) is 7.10. The molecule has 4 rings (SSSR count). The standard InChI is InChI=1S/C19H23N5O6S2/c25-24(26)18-13-16(32(27,28)23-7-11-30-12-8-23)2-3-17(18)21-20-14-15-1-4-19(31-15)22-5-9-29-10-6-22/h1-4,13-14,21H,5-12H2/b20-14+. The van der Waals surface area contributed by atoms with E-state index < -0.39 is 14.9 Å². The quantitative estimate of drug-likeness (QED) is 0.361. The number of benzene rings is 1. The van der Waals surface area contributed by atoms with Crippen molar-refractivity contribution >= 4 is 44.0 Å². The summed E-state index contributed by atoms with van der Waals surface area (Å²) in [4.78, 5) is 13.9. The fourth-order valence-electron chi connectivity index (χ4n) is 3.38. The lowest BCUT2D eigenvalue weighted by atomic mass is 10.3. The number of hydrogen-bond donors (Lipinski definition) is 1. The molecule has 2 saturated heterocycles. The number of ether oxygens (including phenoxy) is 2. The van der Waals surface area contributed by atoms with Gasteiger partial charge in [-0.3, -0.25) is 15.5 Å². The second kappa shape index (κ2) is 9.92. The van der Waals surface area contributed by atoms with E-state index in [-0.39, 0.29) is 29.4 Å². The molecule has 13 heteroatoms. The molecule has 2 aliphatic heterocycles. The number of nitrogens with zero attached hydrogens (tertiary/aromatic N) is 4. The largest absolute Gasteiger partial charge is 0.379 e. The Kier molecular flexibility index (Phi) is 7.01. The molecule has 0 unspecified atom stereocenters. The molecule has 0 spiro atoms. The average Bonchev–Trinajstić information content (AvgIpc) is 3.29. The number of morpholine rings is 2. The summed E-state index contributed by atoms with van der Waals surface area (Å²) in [5.74, 6) is 0. The zero-order valence-corrected chi connectivity index (χ0v) is 18.8. The summed E-state index contributed by atoms with van der Waals surface area (Å²) in [5.41, 5.74) is 2.41. The van der Waals surface area contributed by atoms with Crippen molar-refractivity contribution in [2.75, 3.05) is 62.9 Å². The first-order valence-electron chi connectivity index (χ1n) is 10.0. The zero-order chi connectivity index (χ0) is 22.6. The number of thiophene rings is 1. The van der Waals surface area contributed by atoms with Gasteiger partial charge in [0.2, 0.25) is 10.0 Å². The van der Waals surface area contributed by atoms with E-state index in [1.807, 2.05) is 12.1 Å². The topological polar surface area (TPSA) is 127 Å². The molecule has 0 saturated carbocycles. The summed E-state index contributed by atoms with van der Waals surface area (Å²) >= 11 is 1.56. The van der Waals surface area contributed by atoms with Gasteiger partial charge in [0.15, 0.2) is 0 Å². The van der Waals surface area contributed by atoms with Gasteiger partial charge in [0, 0.05) is 37.1 Å². The maximum absolute atomic E-state index is 12.8. The van der Waals surface area contributed by atoms with Crippen LogP contribution in [0.25, 0.3) is 0 Å². The van der Waals surface area contributed by atoms with Gasteiger partial charge < -0.3 is 14.4 Å². The Bertz CT molecular complexity index is 1090. The smallest absolute Gasteiger partial charge is 0.295 e. The molecule has 0 amide bonds. The van der Waals surface area contributed by atoms with Crippen LogP contribution in [-0.4, -0.2) is 76.5 Å². The highest BCUT2D eigenvalue weighted by molar-refractivity contribution is 7.89. The minimum Gasteiger partial charge on any atom is -0.379 e. The Labute approximate surface area is 189 Å². The minimum atomic E-state index is -3.84. The second-order valence-corrected chi connectivity index (χ2v) is 10.1. The highest BCUT2D eigenvalue weighted by Gasteiger charge is 2.28. The molecular formula is C19H23N5O6S2. The Hall–Kier alpha value is -2.58. The van der Waals surface area contributed by atoms with Gasteiger partial charge in [-0.1, -0.05) is 0 Å². The van der Waals surface area contributed by atoms with Crippen molar-refractivity contribution in [1.29, 1.82) is 0 Å². The lowest BCUT2D eigenvalue weighted by molar-refractivity contribution is -0.384. The Balaban J connectivity index is 1.48. The monoisotopic (exact) mass is 481 g/mol. The van der Waals surface area contributed by atoms with Crippen LogP contribution in [0.4, 0.5) is 16.4 Å². The lowest BCUT2D eigenvalue weighted by Gasteiger charge is -2.27. The third kappa shape index (κ3) is 5.07. The third-order valence-electron chi connectivity index (χ3n) is 5.09. The SMILES string of the molecule is O=[N+]([O-])c1cc(S(=O)(=O)N2CCOCC2)ccc1N/N=C/c1ccc(N2CCOCC2)s1.